The summed E-state index contributed by atoms with van der Waals surface area (Å²) in [7, 11) is 0. The third-order valence-electron chi connectivity index (χ3n) is 3.66. The van der Waals surface area contributed by atoms with E-state index >= 15 is 0 Å². The summed E-state index contributed by atoms with van der Waals surface area (Å²) in [6.07, 6.45) is 2.05. The fourth-order valence-electron chi connectivity index (χ4n) is 2.54. The molecule has 0 aliphatic carbocycles. The predicted molar refractivity (Wildman–Crippen MR) is 80.0 cm³/mol. The summed E-state index contributed by atoms with van der Waals surface area (Å²) in [6, 6.07) is 9.60. The highest BCUT2D eigenvalue weighted by Gasteiger charge is 2.39. The minimum absolute atomic E-state index is 0.212. The van der Waals surface area contributed by atoms with E-state index in [1.165, 1.54) is 0 Å². The second kappa shape index (κ2) is 6.55. The molecule has 0 saturated carbocycles. The Bertz CT molecular complexity index is 417. The van der Waals surface area contributed by atoms with E-state index in [0.29, 0.717) is 13.2 Å². The van der Waals surface area contributed by atoms with Gasteiger partial charge in [0.25, 0.3) is 0 Å². The quantitative estimate of drug-likeness (QED) is 0.774. The average Bonchev–Trinajstić information content (AvgIpc) is 2.48. The molecule has 0 aromatic heterocycles. The molecule has 0 radical (unpaired) electrons. The summed E-state index contributed by atoms with van der Waals surface area (Å²) in [4.78, 5) is 15.1. The molecular weight excluding hydrogens is 258 g/mol. The van der Waals surface area contributed by atoms with Gasteiger partial charge in [-0.1, -0.05) is 30.3 Å². The van der Waals surface area contributed by atoms with Crippen LogP contribution >= 0.6 is 11.8 Å². The Morgan fingerprint density at radius 1 is 1.32 bits per heavy atom. The van der Waals surface area contributed by atoms with Crippen LogP contribution in [0.5, 0.6) is 0 Å². The van der Waals surface area contributed by atoms with Gasteiger partial charge in [0, 0.05) is 24.4 Å². The van der Waals surface area contributed by atoms with Crippen molar-refractivity contribution in [1.82, 2.24) is 4.90 Å². The summed E-state index contributed by atoms with van der Waals surface area (Å²) in [6.45, 7) is 5.15. The molecule has 4 heteroatoms. The SMILES string of the molecule is CSCC(C)(C(=O)c1ccccc1)N1CCOCC1. The molecule has 2 rings (SSSR count). The van der Waals surface area contributed by atoms with Gasteiger partial charge < -0.3 is 4.74 Å². The van der Waals surface area contributed by atoms with Gasteiger partial charge in [0.1, 0.15) is 0 Å². The van der Waals surface area contributed by atoms with Crippen LogP contribution < -0.4 is 0 Å². The number of Topliss-reactive ketones (excluding diaryl/α,β-unsaturated/α-hetero) is 1. The molecule has 1 aromatic carbocycles. The number of ketones is 1. The minimum atomic E-state index is -0.440. The average molecular weight is 279 g/mol. The number of ether oxygens (including phenoxy) is 1. The fourth-order valence-corrected chi connectivity index (χ4v) is 3.41. The van der Waals surface area contributed by atoms with Crippen LogP contribution in [0.4, 0.5) is 0 Å². The molecular formula is C15H21NO2S. The van der Waals surface area contributed by atoms with Gasteiger partial charge in [-0.3, -0.25) is 9.69 Å². The second-order valence-electron chi connectivity index (χ2n) is 5.00. The molecule has 1 fully saturated rings. The van der Waals surface area contributed by atoms with Crippen molar-refractivity contribution >= 4 is 17.5 Å². The van der Waals surface area contributed by atoms with Crippen LogP contribution in [0.1, 0.15) is 17.3 Å². The van der Waals surface area contributed by atoms with Crippen LogP contribution in [0.25, 0.3) is 0 Å². The van der Waals surface area contributed by atoms with Crippen molar-refractivity contribution in [2.24, 2.45) is 0 Å². The van der Waals surface area contributed by atoms with Crippen LogP contribution in [-0.4, -0.2) is 54.5 Å². The molecule has 0 N–H and O–H groups in total. The van der Waals surface area contributed by atoms with Crippen LogP contribution in [-0.2, 0) is 4.74 Å². The van der Waals surface area contributed by atoms with E-state index in [2.05, 4.69) is 18.1 Å². The van der Waals surface area contributed by atoms with Gasteiger partial charge in [-0.15, -0.1) is 0 Å². The molecule has 1 aromatic rings. The number of carbonyl (C=O) groups excluding carboxylic acids is 1. The molecule has 0 spiro atoms. The first-order valence-electron chi connectivity index (χ1n) is 6.60. The van der Waals surface area contributed by atoms with Gasteiger partial charge >= 0.3 is 0 Å². The molecule has 1 atom stereocenters. The lowest BCUT2D eigenvalue weighted by atomic mass is 9.90. The Labute approximate surface area is 119 Å². The summed E-state index contributed by atoms with van der Waals surface area (Å²) in [5.41, 5.74) is 0.357. The Morgan fingerprint density at radius 3 is 2.53 bits per heavy atom. The number of benzene rings is 1. The van der Waals surface area contributed by atoms with Crippen molar-refractivity contribution in [1.29, 1.82) is 0 Å². The number of morpholine rings is 1. The lowest BCUT2D eigenvalue weighted by Gasteiger charge is -2.41. The molecule has 1 unspecified atom stereocenters. The van der Waals surface area contributed by atoms with Gasteiger partial charge in [-0.2, -0.15) is 11.8 Å². The number of nitrogens with zero attached hydrogens (tertiary/aromatic N) is 1. The van der Waals surface area contributed by atoms with E-state index in [9.17, 15) is 4.79 Å². The van der Waals surface area contributed by atoms with E-state index in [1.54, 1.807) is 11.8 Å². The van der Waals surface area contributed by atoms with Gasteiger partial charge in [-0.05, 0) is 13.2 Å². The number of carbonyl (C=O) groups is 1. The highest BCUT2D eigenvalue weighted by molar-refractivity contribution is 7.98. The first kappa shape index (κ1) is 14.6. The van der Waals surface area contributed by atoms with Crippen LogP contribution in [0.2, 0.25) is 0 Å². The number of hydrogen-bond acceptors (Lipinski definition) is 4. The molecule has 1 aliphatic heterocycles. The van der Waals surface area contributed by atoms with Crippen LogP contribution in [0, 0.1) is 0 Å². The standard InChI is InChI=1S/C15H21NO2S/c1-15(12-19-2,16-8-10-18-11-9-16)14(17)13-6-4-3-5-7-13/h3-7H,8-12H2,1-2H3. The maximum absolute atomic E-state index is 12.9. The molecule has 1 saturated heterocycles. The first-order chi connectivity index (χ1) is 9.18. The van der Waals surface area contributed by atoms with E-state index in [1.807, 2.05) is 30.3 Å². The van der Waals surface area contributed by atoms with Crippen molar-refractivity contribution in [3.8, 4) is 0 Å². The van der Waals surface area contributed by atoms with Gasteiger partial charge in [0.2, 0.25) is 0 Å². The summed E-state index contributed by atoms with van der Waals surface area (Å²) in [5, 5.41) is 0. The van der Waals surface area contributed by atoms with Gasteiger partial charge in [0.05, 0.1) is 18.8 Å². The van der Waals surface area contributed by atoms with Gasteiger partial charge in [0.15, 0.2) is 5.78 Å². The third-order valence-corrected chi connectivity index (χ3v) is 4.51. The van der Waals surface area contributed by atoms with E-state index in [0.717, 1.165) is 24.4 Å². The van der Waals surface area contributed by atoms with Crippen molar-refractivity contribution in [3.05, 3.63) is 35.9 Å². The lowest BCUT2D eigenvalue weighted by Crippen LogP contribution is -2.58. The smallest absolute Gasteiger partial charge is 0.183 e. The summed E-state index contributed by atoms with van der Waals surface area (Å²) in [5.74, 6) is 1.02. The number of thioether (sulfide) groups is 1. The topological polar surface area (TPSA) is 29.5 Å². The second-order valence-corrected chi connectivity index (χ2v) is 5.87. The lowest BCUT2D eigenvalue weighted by molar-refractivity contribution is -0.00293. The largest absolute Gasteiger partial charge is 0.379 e. The zero-order valence-electron chi connectivity index (χ0n) is 11.6. The zero-order valence-corrected chi connectivity index (χ0v) is 12.4. The molecule has 0 bridgehead atoms. The van der Waals surface area contributed by atoms with E-state index in [-0.39, 0.29) is 5.78 Å². The predicted octanol–water partition coefficient (Wildman–Crippen LogP) is 2.32. The summed E-state index contributed by atoms with van der Waals surface area (Å²) < 4.78 is 5.40. The highest BCUT2D eigenvalue weighted by atomic mass is 32.2. The summed E-state index contributed by atoms with van der Waals surface area (Å²) >= 11 is 1.72. The molecule has 3 nitrogen and oxygen atoms in total. The Balaban J connectivity index is 2.25. The van der Waals surface area contributed by atoms with Crippen molar-refractivity contribution < 1.29 is 9.53 Å². The molecule has 104 valence electrons. The maximum Gasteiger partial charge on any atom is 0.183 e. The monoisotopic (exact) mass is 279 g/mol. The Kier molecular flexibility index (Phi) is 5.02. The fraction of sp³-hybridized carbons (Fsp3) is 0.533. The van der Waals surface area contributed by atoms with Crippen molar-refractivity contribution in [2.45, 2.75) is 12.5 Å². The first-order valence-corrected chi connectivity index (χ1v) is 7.99. The molecule has 1 aliphatic rings. The zero-order chi connectivity index (χ0) is 13.7. The number of hydrogen-bond donors (Lipinski definition) is 0. The number of rotatable bonds is 5. The van der Waals surface area contributed by atoms with Crippen molar-refractivity contribution in [3.63, 3.8) is 0 Å². The Hall–Kier alpha value is -0.840. The normalized spacial score (nSPS) is 19.9. The molecule has 19 heavy (non-hydrogen) atoms. The highest BCUT2D eigenvalue weighted by Crippen LogP contribution is 2.25. The van der Waals surface area contributed by atoms with E-state index < -0.39 is 5.54 Å². The minimum Gasteiger partial charge on any atom is -0.379 e. The van der Waals surface area contributed by atoms with E-state index in [4.69, 9.17) is 4.74 Å². The van der Waals surface area contributed by atoms with Gasteiger partial charge in [-0.25, -0.2) is 0 Å². The molecule has 1 heterocycles. The molecule has 0 amide bonds. The Morgan fingerprint density at radius 2 is 1.95 bits per heavy atom. The van der Waals surface area contributed by atoms with Crippen LogP contribution in [0.3, 0.4) is 0 Å². The maximum atomic E-state index is 12.9. The third kappa shape index (κ3) is 3.19. The van der Waals surface area contributed by atoms with Crippen molar-refractivity contribution in [2.75, 3.05) is 38.3 Å². The van der Waals surface area contributed by atoms with Crippen LogP contribution in [0.15, 0.2) is 30.3 Å².